The van der Waals surface area contributed by atoms with Gasteiger partial charge in [0, 0.05) is 11.8 Å². The lowest BCUT2D eigenvalue weighted by atomic mass is 9.47. The van der Waals surface area contributed by atoms with Crippen LogP contribution in [0.1, 0.15) is 58.8 Å². The summed E-state index contributed by atoms with van der Waals surface area (Å²) in [7, 11) is 1.79. The maximum absolute atomic E-state index is 11.2. The minimum Gasteiger partial charge on any atom is -0.501 e. The number of hydrogen-bond donors (Lipinski definition) is 2. The van der Waals surface area contributed by atoms with E-state index in [-0.39, 0.29) is 17.4 Å². The van der Waals surface area contributed by atoms with E-state index in [2.05, 4.69) is 19.9 Å². The molecule has 138 valence electrons. The van der Waals surface area contributed by atoms with Crippen LogP contribution in [0.5, 0.6) is 0 Å². The van der Waals surface area contributed by atoms with Crippen molar-refractivity contribution in [2.24, 2.45) is 34.5 Å². The highest BCUT2D eigenvalue weighted by Crippen LogP contribution is 2.84. The fourth-order valence-electron chi connectivity index (χ4n) is 8.16. The summed E-state index contributed by atoms with van der Waals surface area (Å²) < 4.78 is 5.53. The molecule has 0 heterocycles. The average Bonchev–Trinajstić information content (AvgIpc) is 3.26. The fraction of sp³-hybridized carbons (Fsp3) is 0.818. The SMILES string of the molecule is COC1=CCC2=C(C1)C[C@@H](C)[C@@H]1[C@@H]2CC[C@]2(C)[C@](O)(CO)C[C@@H]3C[C@@]312. The zero-order chi connectivity index (χ0) is 17.6. The Kier molecular flexibility index (Phi) is 3.22. The molecule has 0 aromatic carbocycles. The molecule has 2 N–H and O–H groups in total. The molecule has 0 saturated heterocycles. The van der Waals surface area contributed by atoms with Crippen molar-refractivity contribution in [1.29, 1.82) is 0 Å². The lowest BCUT2D eigenvalue weighted by Crippen LogP contribution is -2.57. The van der Waals surface area contributed by atoms with Gasteiger partial charge in [-0.1, -0.05) is 25.0 Å². The highest BCUT2D eigenvalue weighted by atomic mass is 16.5. The van der Waals surface area contributed by atoms with E-state index in [0.717, 1.165) is 31.4 Å². The standard InChI is InChI=1S/C22H32O3/c1-13-8-14-9-16(25-3)4-5-17(14)18-6-7-20(2)21(24,12-23)10-15-11-22(15,20)19(13)18/h4,13,15,18-19,23-24H,5-12H2,1-3H3/t13-,15-,18-,19-,20-,21-,22-/m1/s1. The van der Waals surface area contributed by atoms with Gasteiger partial charge in [-0.2, -0.15) is 0 Å². The van der Waals surface area contributed by atoms with Gasteiger partial charge in [-0.3, -0.25) is 0 Å². The van der Waals surface area contributed by atoms with Crippen molar-refractivity contribution in [3.05, 3.63) is 23.0 Å². The molecule has 3 saturated carbocycles. The van der Waals surface area contributed by atoms with Crippen molar-refractivity contribution in [2.45, 2.75) is 64.4 Å². The fourth-order valence-corrected chi connectivity index (χ4v) is 8.16. The van der Waals surface area contributed by atoms with E-state index >= 15 is 0 Å². The van der Waals surface area contributed by atoms with Crippen LogP contribution in [0.15, 0.2) is 23.0 Å². The lowest BCUT2D eigenvalue weighted by molar-refractivity contribution is -0.160. The molecule has 7 atom stereocenters. The molecule has 0 bridgehead atoms. The third-order valence-corrected chi connectivity index (χ3v) is 9.32. The van der Waals surface area contributed by atoms with Gasteiger partial charge in [0.05, 0.1) is 25.1 Å². The van der Waals surface area contributed by atoms with Crippen LogP contribution < -0.4 is 0 Å². The molecule has 5 rings (SSSR count). The summed E-state index contributed by atoms with van der Waals surface area (Å²) >= 11 is 0. The maximum atomic E-state index is 11.2. The number of methoxy groups -OCH3 is 1. The van der Waals surface area contributed by atoms with E-state index in [1.165, 1.54) is 19.3 Å². The Morgan fingerprint density at radius 3 is 2.84 bits per heavy atom. The number of rotatable bonds is 2. The molecular weight excluding hydrogens is 312 g/mol. The molecule has 3 fully saturated rings. The minimum absolute atomic E-state index is 0.0681. The molecule has 0 radical (unpaired) electrons. The van der Waals surface area contributed by atoms with Crippen LogP contribution in [0.2, 0.25) is 0 Å². The Balaban J connectivity index is 1.54. The summed E-state index contributed by atoms with van der Waals surface area (Å²) in [6.45, 7) is 4.67. The van der Waals surface area contributed by atoms with Crippen molar-refractivity contribution in [1.82, 2.24) is 0 Å². The maximum Gasteiger partial charge on any atom is 0.0959 e. The van der Waals surface area contributed by atoms with Crippen LogP contribution in [0, 0.1) is 34.5 Å². The van der Waals surface area contributed by atoms with Gasteiger partial charge in [-0.15, -0.1) is 0 Å². The minimum atomic E-state index is -0.856. The topological polar surface area (TPSA) is 49.7 Å². The molecule has 3 nitrogen and oxygen atoms in total. The normalized spacial score (nSPS) is 53.4. The summed E-state index contributed by atoms with van der Waals surface area (Å²) in [4.78, 5) is 0. The van der Waals surface area contributed by atoms with Gasteiger partial charge in [-0.25, -0.2) is 0 Å². The molecule has 3 heteroatoms. The Labute approximate surface area is 151 Å². The van der Waals surface area contributed by atoms with Gasteiger partial charge in [-0.05, 0) is 73.7 Å². The van der Waals surface area contributed by atoms with Crippen molar-refractivity contribution >= 4 is 0 Å². The van der Waals surface area contributed by atoms with Crippen LogP contribution in [0.3, 0.4) is 0 Å². The van der Waals surface area contributed by atoms with Gasteiger partial charge >= 0.3 is 0 Å². The largest absolute Gasteiger partial charge is 0.501 e. The molecule has 0 amide bonds. The molecule has 0 unspecified atom stereocenters. The number of hydrogen-bond acceptors (Lipinski definition) is 3. The Bertz CT molecular complexity index is 679. The van der Waals surface area contributed by atoms with Gasteiger partial charge in [0.2, 0.25) is 0 Å². The van der Waals surface area contributed by atoms with E-state index < -0.39 is 5.60 Å². The number of ether oxygens (including phenoxy) is 1. The first-order valence-corrected chi connectivity index (χ1v) is 10.2. The van der Waals surface area contributed by atoms with Crippen molar-refractivity contribution < 1.29 is 14.9 Å². The number of aliphatic hydroxyl groups excluding tert-OH is 1. The first-order valence-electron chi connectivity index (χ1n) is 10.2. The molecule has 25 heavy (non-hydrogen) atoms. The van der Waals surface area contributed by atoms with Crippen molar-refractivity contribution in [3.8, 4) is 0 Å². The number of allylic oxidation sites excluding steroid dienone is 3. The quantitative estimate of drug-likeness (QED) is 0.749. The predicted molar refractivity (Wildman–Crippen MR) is 96.6 cm³/mol. The Hall–Kier alpha value is -0.800. The monoisotopic (exact) mass is 344 g/mol. The van der Waals surface area contributed by atoms with Gasteiger partial charge in [0.25, 0.3) is 0 Å². The average molecular weight is 344 g/mol. The van der Waals surface area contributed by atoms with E-state index in [4.69, 9.17) is 4.74 Å². The summed E-state index contributed by atoms with van der Waals surface area (Å²) in [6.07, 6.45) is 9.89. The first-order chi connectivity index (χ1) is 11.9. The first kappa shape index (κ1) is 16.4. The second-order valence-electron chi connectivity index (χ2n) is 9.90. The molecular formula is C22H32O3. The third kappa shape index (κ3) is 1.75. The highest BCUT2D eigenvalue weighted by molar-refractivity contribution is 5.38. The van der Waals surface area contributed by atoms with Crippen molar-refractivity contribution in [3.63, 3.8) is 0 Å². The molecule has 0 aromatic rings. The van der Waals surface area contributed by atoms with Crippen LogP contribution in [-0.4, -0.2) is 29.5 Å². The third-order valence-electron chi connectivity index (χ3n) is 9.32. The van der Waals surface area contributed by atoms with Gasteiger partial charge < -0.3 is 14.9 Å². The summed E-state index contributed by atoms with van der Waals surface area (Å²) in [5.41, 5.74) is 2.66. The Morgan fingerprint density at radius 1 is 1.32 bits per heavy atom. The summed E-state index contributed by atoms with van der Waals surface area (Å²) in [6, 6.07) is 0. The van der Waals surface area contributed by atoms with Crippen LogP contribution in [-0.2, 0) is 4.74 Å². The zero-order valence-electron chi connectivity index (χ0n) is 15.8. The molecule has 5 aliphatic rings. The van der Waals surface area contributed by atoms with Crippen LogP contribution >= 0.6 is 0 Å². The second-order valence-corrected chi connectivity index (χ2v) is 9.90. The van der Waals surface area contributed by atoms with E-state index in [1.54, 1.807) is 18.3 Å². The number of fused-ring (bicyclic) bond motifs is 2. The molecule has 0 aromatic heterocycles. The van der Waals surface area contributed by atoms with Gasteiger partial charge in [0.1, 0.15) is 0 Å². The van der Waals surface area contributed by atoms with E-state index in [0.29, 0.717) is 23.7 Å². The van der Waals surface area contributed by atoms with E-state index in [1.807, 2.05) is 0 Å². The Morgan fingerprint density at radius 2 is 2.12 bits per heavy atom. The summed E-state index contributed by atoms with van der Waals surface area (Å²) in [5.74, 6) is 3.81. The molecule has 5 aliphatic carbocycles. The molecule has 0 aliphatic heterocycles. The van der Waals surface area contributed by atoms with Crippen LogP contribution in [0.25, 0.3) is 0 Å². The lowest BCUT2D eigenvalue weighted by Gasteiger charge is -2.58. The highest BCUT2D eigenvalue weighted by Gasteiger charge is 2.81. The van der Waals surface area contributed by atoms with Gasteiger partial charge in [0.15, 0.2) is 0 Å². The van der Waals surface area contributed by atoms with E-state index in [9.17, 15) is 10.2 Å². The zero-order valence-corrected chi connectivity index (χ0v) is 15.8. The predicted octanol–water partition coefficient (Wildman–Crippen LogP) is 3.81. The van der Waals surface area contributed by atoms with Crippen molar-refractivity contribution in [2.75, 3.05) is 13.7 Å². The number of aliphatic hydroxyl groups is 2. The second kappa shape index (κ2) is 4.92. The molecule has 1 spiro atoms. The smallest absolute Gasteiger partial charge is 0.0959 e. The summed E-state index contributed by atoms with van der Waals surface area (Å²) in [5, 5.41) is 21.2. The van der Waals surface area contributed by atoms with Crippen LogP contribution in [0.4, 0.5) is 0 Å².